The van der Waals surface area contributed by atoms with E-state index in [1.807, 2.05) is 13.7 Å². The minimum atomic E-state index is -0.380. The van der Waals surface area contributed by atoms with Crippen molar-refractivity contribution in [2.24, 2.45) is 0 Å². The molecule has 3 rings (SSSR count). The van der Waals surface area contributed by atoms with Gasteiger partial charge in [0, 0.05) is 0 Å². The lowest BCUT2D eigenvalue weighted by Gasteiger charge is -2.15. The first-order valence-corrected chi connectivity index (χ1v) is 7.84. The highest BCUT2D eigenvalue weighted by atomic mass is 19.1. The summed E-state index contributed by atoms with van der Waals surface area (Å²) in [7, 11) is 0.616. The topological polar surface area (TPSA) is 0 Å². The molecule has 0 radical (unpaired) electrons. The average Bonchev–Trinajstić information content (AvgIpc) is 2.57. The lowest BCUT2D eigenvalue weighted by atomic mass is 9.69. The van der Waals surface area contributed by atoms with E-state index in [-0.39, 0.29) is 17.5 Å². The van der Waals surface area contributed by atoms with Crippen molar-refractivity contribution in [2.75, 3.05) is 0 Å². The van der Waals surface area contributed by atoms with Crippen LogP contribution in [0.15, 0.2) is 54.6 Å². The Balaban J connectivity index is 2.30. The molecular weight excluding hydrogens is 308 g/mol. The molecule has 120 valence electrons. The molecule has 0 aliphatic carbocycles. The van der Waals surface area contributed by atoms with Gasteiger partial charge in [0.2, 0.25) is 0 Å². The molecular formula is C20H16BF3. The summed E-state index contributed by atoms with van der Waals surface area (Å²) in [4.78, 5) is 0. The van der Waals surface area contributed by atoms with Crippen LogP contribution in [0.1, 0.15) is 5.56 Å². The van der Waals surface area contributed by atoms with E-state index in [9.17, 15) is 13.2 Å². The Labute approximate surface area is 140 Å². The second-order valence-electron chi connectivity index (χ2n) is 5.80. The molecule has 0 saturated heterocycles. The van der Waals surface area contributed by atoms with E-state index in [2.05, 4.69) is 0 Å². The van der Waals surface area contributed by atoms with E-state index in [0.717, 1.165) is 22.2 Å². The molecule has 0 amide bonds. The number of halogens is 3. The Morgan fingerprint density at radius 2 is 1.17 bits per heavy atom. The monoisotopic (exact) mass is 324 g/mol. The van der Waals surface area contributed by atoms with Crippen LogP contribution in [-0.2, 0) is 0 Å². The SMILES string of the molecule is CBc1cc(F)ccc1-c1cc(F)ccc1-c1cc(F)ccc1C. The molecule has 0 fully saturated rings. The predicted molar refractivity (Wildman–Crippen MR) is 94.6 cm³/mol. The molecule has 0 aliphatic heterocycles. The van der Waals surface area contributed by atoms with Crippen molar-refractivity contribution in [3.8, 4) is 22.3 Å². The van der Waals surface area contributed by atoms with Gasteiger partial charge in [-0.2, -0.15) is 0 Å². The maximum absolute atomic E-state index is 13.9. The smallest absolute Gasteiger partial charge is 0.155 e. The van der Waals surface area contributed by atoms with Gasteiger partial charge in [-0.15, -0.1) is 0 Å². The van der Waals surface area contributed by atoms with Gasteiger partial charge in [0.25, 0.3) is 0 Å². The Morgan fingerprint density at radius 3 is 1.83 bits per heavy atom. The molecule has 3 aromatic rings. The van der Waals surface area contributed by atoms with Crippen LogP contribution in [0.5, 0.6) is 0 Å². The largest absolute Gasteiger partial charge is 0.207 e. The van der Waals surface area contributed by atoms with E-state index >= 15 is 0 Å². The van der Waals surface area contributed by atoms with Gasteiger partial charge >= 0.3 is 0 Å². The second kappa shape index (κ2) is 6.56. The molecule has 0 nitrogen and oxygen atoms in total. The predicted octanol–water partition coefficient (Wildman–Crippen LogP) is 4.86. The van der Waals surface area contributed by atoms with E-state index in [0.29, 0.717) is 18.4 Å². The maximum Gasteiger partial charge on any atom is 0.155 e. The summed E-state index contributed by atoms with van der Waals surface area (Å²) in [5.74, 6) is -1.05. The summed E-state index contributed by atoms with van der Waals surface area (Å²) < 4.78 is 41.2. The Kier molecular flexibility index (Phi) is 4.47. The lowest BCUT2D eigenvalue weighted by molar-refractivity contribution is 0.627. The van der Waals surface area contributed by atoms with Crippen molar-refractivity contribution < 1.29 is 13.2 Å². The zero-order chi connectivity index (χ0) is 17.3. The summed E-state index contributed by atoms with van der Waals surface area (Å²) in [5.41, 5.74) is 4.52. The second-order valence-corrected chi connectivity index (χ2v) is 5.80. The van der Waals surface area contributed by atoms with Crippen LogP contribution in [0.3, 0.4) is 0 Å². The van der Waals surface area contributed by atoms with Crippen molar-refractivity contribution in [1.82, 2.24) is 0 Å². The fraction of sp³-hybridized carbons (Fsp3) is 0.100. The number of rotatable bonds is 3. The zero-order valence-corrected chi connectivity index (χ0v) is 13.5. The maximum atomic E-state index is 13.9. The quantitative estimate of drug-likeness (QED) is 0.604. The van der Waals surface area contributed by atoms with Gasteiger partial charge in [-0.3, -0.25) is 0 Å². The third-order valence-electron chi connectivity index (χ3n) is 4.21. The Bertz CT molecular complexity index is 903. The summed E-state index contributed by atoms with van der Waals surface area (Å²) in [6.07, 6.45) is 0. The summed E-state index contributed by atoms with van der Waals surface area (Å²) in [6.45, 7) is 3.80. The van der Waals surface area contributed by atoms with Gasteiger partial charge in [-0.25, -0.2) is 13.2 Å². The number of benzene rings is 3. The van der Waals surface area contributed by atoms with Gasteiger partial charge in [-0.1, -0.05) is 30.5 Å². The van der Waals surface area contributed by atoms with Crippen LogP contribution >= 0.6 is 0 Å². The van der Waals surface area contributed by atoms with Gasteiger partial charge < -0.3 is 0 Å². The molecule has 4 heteroatoms. The van der Waals surface area contributed by atoms with Crippen LogP contribution in [-0.4, -0.2) is 7.28 Å². The molecule has 0 unspecified atom stereocenters. The number of aryl methyl sites for hydroxylation is 1. The van der Waals surface area contributed by atoms with Crippen LogP contribution in [0, 0.1) is 24.4 Å². The van der Waals surface area contributed by atoms with Gasteiger partial charge in [0.05, 0.1) is 0 Å². The molecule has 0 N–H and O–H groups in total. The molecule has 0 bridgehead atoms. The first-order chi connectivity index (χ1) is 11.5. The zero-order valence-electron chi connectivity index (χ0n) is 13.5. The fourth-order valence-corrected chi connectivity index (χ4v) is 2.98. The highest BCUT2D eigenvalue weighted by Crippen LogP contribution is 2.34. The van der Waals surface area contributed by atoms with Crippen LogP contribution < -0.4 is 5.46 Å². The Morgan fingerprint density at radius 1 is 0.625 bits per heavy atom. The van der Waals surface area contributed by atoms with Crippen LogP contribution in [0.2, 0.25) is 6.82 Å². The van der Waals surface area contributed by atoms with Gasteiger partial charge in [0.15, 0.2) is 7.28 Å². The molecule has 24 heavy (non-hydrogen) atoms. The van der Waals surface area contributed by atoms with Crippen molar-refractivity contribution in [1.29, 1.82) is 0 Å². The normalized spacial score (nSPS) is 10.7. The van der Waals surface area contributed by atoms with Crippen molar-refractivity contribution in [3.05, 3.63) is 77.6 Å². The summed E-state index contributed by atoms with van der Waals surface area (Å²) in [5, 5.41) is 0. The van der Waals surface area contributed by atoms with Crippen LogP contribution in [0.25, 0.3) is 22.3 Å². The fourth-order valence-electron chi connectivity index (χ4n) is 2.98. The Hall–Kier alpha value is -2.49. The van der Waals surface area contributed by atoms with E-state index in [1.54, 1.807) is 18.2 Å². The van der Waals surface area contributed by atoms with Gasteiger partial charge in [0.1, 0.15) is 17.5 Å². The first-order valence-electron chi connectivity index (χ1n) is 7.84. The molecule has 3 aromatic carbocycles. The van der Waals surface area contributed by atoms with E-state index in [1.165, 1.54) is 36.4 Å². The number of hydrogen-bond donors (Lipinski definition) is 0. The van der Waals surface area contributed by atoms with Crippen LogP contribution in [0.4, 0.5) is 13.2 Å². The molecule has 0 aromatic heterocycles. The average molecular weight is 324 g/mol. The lowest BCUT2D eigenvalue weighted by Crippen LogP contribution is -2.15. The molecule has 0 spiro atoms. The molecule has 0 saturated carbocycles. The molecule has 0 atom stereocenters. The van der Waals surface area contributed by atoms with Crippen molar-refractivity contribution in [3.63, 3.8) is 0 Å². The van der Waals surface area contributed by atoms with E-state index in [4.69, 9.17) is 0 Å². The first kappa shape index (κ1) is 16.4. The van der Waals surface area contributed by atoms with Crippen molar-refractivity contribution in [2.45, 2.75) is 13.7 Å². The highest BCUT2D eigenvalue weighted by molar-refractivity contribution is 6.54. The van der Waals surface area contributed by atoms with Crippen molar-refractivity contribution >= 4 is 12.7 Å². The minimum absolute atomic E-state index is 0.324. The summed E-state index contributed by atoms with van der Waals surface area (Å²) >= 11 is 0. The highest BCUT2D eigenvalue weighted by Gasteiger charge is 2.14. The minimum Gasteiger partial charge on any atom is -0.207 e. The van der Waals surface area contributed by atoms with Gasteiger partial charge in [-0.05, 0) is 71.1 Å². The number of hydrogen-bond acceptors (Lipinski definition) is 0. The van der Waals surface area contributed by atoms with E-state index < -0.39 is 0 Å². The summed E-state index contributed by atoms with van der Waals surface area (Å²) in [6, 6.07) is 13.5. The molecule has 0 aliphatic rings. The third-order valence-corrected chi connectivity index (χ3v) is 4.21. The molecule has 0 heterocycles. The standard InChI is InChI=1S/C20H16BF3/c1-12-3-4-13(22)9-18(12)16-7-5-14(23)10-19(16)17-8-6-15(24)11-20(17)21-2/h3-11,21H,1-2H3. The third kappa shape index (κ3) is 3.09.